The van der Waals surface area contributed by atoms with Crippen molar-refractivity contribution in [1.82, 2.24) is 0 Å². The quantitative estimate of drug-likeness (QED) is 0.160. The molecule has 167 valence electrons. The number of benzene rings is 3. The molecule has 0 fully saturated rings. The van der Waals surface area contributed by atoms with Crippen LogP contribution < -0.4 is 77.1 Å². The van der Waals surface area contributed by atoms with Gasteiger partial charge in [-0.15, -0.1) is 0 Å². The summed E-state index contributed by atoms with van der Waals surface area (Å²) in [5.74, 6) is -0.181. The van der Waals surface area contributed by atoms with Crippen molar-refractivity contribution in [3.8, 4) is 23.0 Å². The molecule has 34 heavy (non-hydrogen) atoms. The Kier molecular flexibility index (Phi) is 14.1. The Labute approximate surface area is 271 Å². The topological polar surface area (TPSA) is 208 Å². The molecule has 9 nitrogen and oxygen atoms in total. The number of rotatable bonds is 0. The molecule has 0 radical (unpaired) electrons. The van der Waals surface area contributed by atoms with Crippen LogP contribution in [-0.2, 0) is 36.5 Å². The molecule has 1 unspecified atom stereocenters. The van der Waals surface area contributed by atoms with E-state index in [1.807, 2.05) is 12.1 Å². The number of esters is 1. The predicted molar refractivity (Wildman–Crippen MR) is 113 cm³/mol. The summed E-state index contributed by atoms with van der Waals surface area (Å²) in [5.41, 5.74) is 0.959. The second-order valence-electron chi connectivity index (χ2n) is 6.54. The average molecular weight is 806 g/mol. The van der Waals surface area contributed by atoms with Gasteiger partial charge in [0, 0.05) is 0 Å². The third-order valence-corrected chi connectivity index (χ3v) is 8.76. The van der Waals surface area contributed by atoms with E-state index in [0.717, 1.165) is 0 Å². The summed E-state index contributed by atoms with van der Waals surface area (Å²) in [6, 6.07) is 11.8. The molecule has 14 heteroatoms. The number of fused-ring (bicyclic) bond motifs is 6. The Balaban J connectivity index is 0. The van der Waals surface area contributed by atoms with Gasteiger partial charge in [0.1, 0.15) is 0 Å². The molecule has 8 N–H and O–H groups in total. The summed E-state index contributed by atoms with van der Waals surface area (Å²) < 4.78 is 13.3. The molecule has 2 aliphatic heterocycles. The monoisotopic (exact) mass is 805 g/mol. The van der Waals surface area contributed by atoms with E-state index in [4.69, 9.17) is 9.47 Å². The van der Waals surface area contributed by atoms with Crippen molar-refractivity contribution >= 4 is 40.9 Å². The molecule has 5 rings (SSSR count). The zero-order valence-electron chi connectivity index (χ0n) is 18.0. The van der Waals surface area contributed by atoms with Crippen LogP contribution in [0.5, 0.6) is 23.0 Å². The standard InChI is InChI=1S/C20H9Br2O5.Hg.2Na.4H2O/c21-13-5-11-17(7-15(13)23)26-18-8-16(24)14(22)6-12(18)20(11)10-4-2-1-3-9(10)19(25)27-20;;;;;;;/h1-7,23-24H;;;;4*1H2/q;;2*+1;;;;/p-2. The normalized spacial score (nSPS) is 15.6. The van der Waals surface area contributed by atoms with Crippen LogP contribution in [0.25, 0.3) is 0 Å². The molecular formula is C20H15Br2HgNa2O9. The summed E-state index contributed by atoms with van der Waals surface area (Å²) in [6.07, 6.45) is 0. The summed E-state index contributed by atoms with van der Waals surface area (Å²) in [4.78, 5) is 12.7. The van der Waals surface area contributed by atoms with E-state index in [-0.39, 0.29) is 119 Å². The van der Waals surface area contributed by atoms with Gasteiger partial charge in [-0.1, -0.05) is 0 Å². The van der Waals surface area contributed by atoms with Crippen molar-refractivity contribution in [2.45, 2.75) is 5.60 Å². The predicted octanol–water partition coefficient (Wildman–Crippen LogP) is -6.19. The molecule has 0 aliphatic carbocycles. The third kappa shape index (κ3) is 5.15. The van der Waals surface area contributed by atoms with Crippen LogP contribution in [0.15, 0.2) is 51.4 Å². The van der Waals surface area contributed by atoms with Crippen LogP contribution in [-0.4, -0.2) is 27.9 Å². The second-order valence-corrected chi connectivity index (χ2v) is 11.0. The van der Waals surface area contributed by atoms with Crippen LogP contribution in [0.4, 0.5) is 0 Å². The fourth-order valence-corrected chi connectivity index (χ4v) is 7.39. The van der Waals surface area contributed by atoms with E-state index in [9.17, 15) is 15.0 Å². The van der Waals surface area contributed by atoms with E-state index in [2.05, 4.69) is 31.9 Å². The van der Waals surface area contributed by atoms with E-state index >= 15 is 0 Å². The molecule has 2 aliphatic rings. The first-order valence-corrected chi connectivity index (χ1v) is 12.6. The van der Waals surface area contributed by atoms with Gasteiger partial charge >= 0.3 is 253 Å². The van der Waals surface area contributed by atoms with Gasteiger partial charge in [0.25, 0.3) is 0 Å². The van der Waals surface area contributed by atoms with E-state index in [0.29, 0.717) is 45.8 Å². The molecule has 3 aromatic rings. The Hall–Kier alpha value is 0.265. The number of ether oxygens (including phenoxy) is 2. The number of carbonyl (C=O) groups excluding carboxylic acids is 1. The minimum absolute atomic E-state index is 0. The average Bonchev–Trinajstić information content (AvgIpc) is 2.97. The van der Waals surface area contributed by atoms with E-state index < -0.39 is 11.6 Å². The Morgan fingerprint density at radius 1 is 0.853 bits per heavy atom. The largest absolute Gasteiger partial charge is 1.00 e. The molecule has 3 aromatic carbocycles. The van der Waals surface area contributed by atoms with Gasteiger partial charge in [-0.2, -0.15) is 0 Å². The summed E-state index contributed by atoms with van der Waals surface area (Å²) in [5, 5.41) is 24.8. The van der Waals surface area contributed by atoms with E-state index in [1.165, 1.54) is 6.07 Å². The van der Waals surface area contributed by atoms with Crippen molar-refractivity contribution in [3.63, 3.8) is 0 Å². The maximum atomic E-state index is 12.7. The van der Waals surface area contributed by atoms with Crippen molar-refractivity contribution in [3.05, 3.63) is 73.7 Å². The number of carbonyl (C=O) groups is 1. The first-order valence-electron chi connectivity index (χ1n) is 8.22. The third-order valence-electron chi connectivity index (χ3n) is 5.06. The van der Waals surface area contributed by atoms with Crippen molar-refractivity contribution < 1.29 is 132 Å². The molecule has 1 atom stereocenters. The molecule has 2 heterocycles. The van der Waals surface area contributed by atoms with Crippen LogP contribution in [0, 0.1) is 0 Å². The van der Waals surface area contributed by atoms with Crippen LogP contribution in [0.3, 0.4) is 0 Å². The van der Waals surface area contributed by atoms with Crippen molar-refractivity contribution in [2.24, 2.45) is 0 Å². The molecule has 1 spiro atoms. The first kappa shape index (κ1) is 36.4. The molecular weight excluding hydrogens is 791 g/mol. The zero-order chi connectivity index (χ0) is 19.8. The molecule has 0 saturated heterocycles. The minimum atomic E-state index is -1.28. The maximum Gasteiger partial charge on any atom is 1.00 e. The number of hydrogen-bond donors (Lipinski definition) is 0. The first-order chi connectivity index (χ1) is 13.3. The molecule has 0 bridgehead atoms. The fraction of sp³-hybridized carbons (Fsp3) is 0.0500. The van der Waals surface area contributed by atoms with Crippen molar-refractivity contribution in [1.29, 1.82) is 0 Å². The van der Waals surface area contributed by atoms with Gasteiger partial charge in [-0.05, 0) is 0 Å². The SMILES string of the molecule is O.O.O.O.O=C1OC2(c3cc(Br)c([O-])cc3Oc3c2cc(Br)c([O-])[c]3[Hg])c2ccccc21.[Na+].[Na+]. The number of hydrogen-bond acceptors (Lipinski definition) is 5. The maximum absolute atomic E-state index is 12.7. The van der Waals surface area contributed by atoms with Crippen LogP contribution >= 0.6 is 31.9 Å². The Morgan fingerprint density at radius 3 is 2.09 bits per heavy atom. The van der Waals surface area contributed by atoms with Gasteiger partial charge in [0.15, 0.2) is 0 Å². The van der Waals surface area contributed by atoms with Crippen molar-refractivity contribution in [2.75, 3.05) is 0 Å². The van der Waals surface area contributed by atoms with E-state index in [1.54, 1.807) is 24.3 Å². The summed E-state index contributed by atoms with van der Waals surface area (Å²) in [7, 11) is 0. The van der Waals surface area contributed by atoms with Gasteiger partial charge < -0.3 is 21.9 Å². The van der Waals surface area contributed by atoms with Crippen LogP contribution in [0.2, 0.25) is 0 Å². The molecule has 0 amide bonds. The second kappa shape index (κ2) is 13.2. The smallest absolute Gasteiger partial charge is 1.00 e. The van der Waals surface area contributed by atoms with Gasteiger partial charge in [0.05, 0.1) is 0 Å². The Bertz CT molecular complexity index is 1230. The summed E-state index contributed by atoms with van der Waals surface area (Å²) >= 11 is 6.56. The summed E-state index contributed by atoms with van der Waals surface area (Å²) in [6.45, 7) is 0. The van der Waals surface area contributed by atoms with Gasteiger partial charge in [0.2, 0.25) is 0 Å². The molecule has 0 saturated carbocycles. The minimum Gasteiger partial charge on any atom is 1.00 e. The van der Waals surface area contributed by atoms with Crippen LogP contribution in [0.1, 0.15) is 27.0 Å². The van der Waals surface area contributed by atoms with Gasteiger partial charge in [-0.3, -0.25) is 0 Å². The molecule has 0 aromatic heterocycles. The number of halogens is 2. The van der Waals surface area contributed by atoms with Gasteiger partial charge in [-0.25, -0.2) is 0 Å². The fourth-order valence-electron chi connectivity index (χ4n) is 3.81. The zero-order valence-corrected chi connectivity index (χ0v) is 30.7. The Morgan fingerprint density at radius 2 is 1.44 bits per heavy atom.